The average Bonchev–Trinajstić information content (AvgIpc) is 2.51. The fourth-order valence-corrected chi connectivity index (χ4v) is 2.82. The van der Waals surface area contributed by atoms with Crippen molar-refractivity contribution >= 4 is 12.6 Å². The van der Waals surface area contributed by atoms with Crippen LogP contribution in [0.3, 0.4) is 0 Å². The Morgan fingerprint density at radius 2 is 1.20 bits per heavy atom. The number of fused-ring (bicyclic) bond motifs is 3. The van der Waals surface area contributed by atoms with Crippen LogP contribution in [0.2, 0.25) is 0 Å². The van der Waals surface area contributed by atoms with E-state index < -0.39 is 0 Å². The van der Waals surface area contributed by atoms with E-state index in [1.54, 1.807) is 0 Å². The molecule has 3 rings (SSSR count). The van der Waals surface area contributed by atoms with Crippen molar-refractivity contribution in [2.45, 2.75) is 11.7 Å². The molecule has 0 aliphatic heterocycles. The normalized spacial score (nSPS) is 15.9. The second-order valence-corrected chi connectivity index (χ2v) is 5.06. The van der Waals surface area contributed by atoms with E-state index in [-0.39, 0.29) is 4.75 Å². The Hall–Kier alpha value is -1.21. The van der Waals surface area contributed by atoms with Crippen LogP contribution in [0.1, 0.15) is 18.1 Å². The van der Waals surface area contributed by atoms with Gasteiger partial charge in [-0.3, -0.25) is 0 Å². The zero-order chi connectivity index (χ0) is 10.5. The third-order valence-corrected chi connectivity index (χ3v) is 3.68. The maximum atomic E-state index is 4.81. The first-order chi connectivity index (χ1) is 7.21. The molecule has 74 valence electrons. The van der Waals surface area contributed by atoms with Crippen molar-refractivity contribution in [1.82, 2.24) is 0 Å². The van der Waals surface area contributed by atoms with Crippen molar-refractivity contribution in [2.75, 3.05) is 0 Å². The van der Waals surface area contributed by atoms with Gasteiger partial charge in [-0.05, 0) is 29.2 Å². The summed E-state index contributed by atoms with van der Waals surface area (Å²) in [5, 5.41) is 0. The predicted octanol–water partition coefficient (Wildman–Crippen LogP) is 3.86. The minimum atomic E-state index is -0.146. The molecule has 1 aliphatic rings. The highest BCUT2D eigenvalue weighted by Crippen LogP contribution is 2.50. The van der Waals surface area contributed by atoms with Crippen LogP contribution >= 0.6 is 12.6 Å². The number of rotatable bonds is 0. The number of hydrogen-bond donors (Lipinski definition) is 1. The van der Waals surface area contributed by atoms with Gasteiger partial charge in [-0.1, -0.05) is 48.5 Å². The lowest BCUT2D eigenvalue weighted by Crippen LogP contribution is -2.11. The standard InChI is InChI=1S/C14H12S/c1-14(15)12-8-4-2-6-10(12)11-7-3-5-9-13(11)14/h2-9,15H,1H3. The molecule has 1 heteroatoms. The van der Waals surface area contributed by atoms with E-state index in [0.717, 1.165) is 0 Å². The SMILES string of the molecule is CC1(S)c2ccccc2-c2ccccc21. The monoisotopic (exact) mass is 212 g/mol. The summed E-state index contributed by atoms with van der Waals surface area (Å²) in [5.41, 5.74) is 5.28. The van der Waals surface area contributed by atoms with Crippen LogP contribution in [0.15, 0.2) is 48.5 Å². The van der Waals surface area contributed by atoms with Gasteiger partial charge in [-0.2, -0.15) is 12.6 Å². The predicted molar refractivity (Wildman–Crippen MR) is 67.3 cm³/mol. The lowest BCUT2D eigenvalue weighted by Gasteiger charge is -2.19. The highest BCUT2D eigenvalue weighted by Gasteiger charge is 2.35. The maximum absolute atomic E-state index is 4.81. The van der Waals surface area contributed by atoms with Crippen molar-refractivity contribution in [3.63, 3.8) is 0 Å². The van der Waals surface area contributed by atoms with Crippen molar-refractivity contribution in [3.8, 4) is 11.1 Å². The van der Waals surface area contributed by atoms with E-state index in [9.17, 15) is 0 Å². The van der Waals surface area contributed by atoms with Gasteiger partial charge in [0.1, 0.15) is 0 Å². The minimum absolute atomic E-state index is 0.146. The van der Waals surface area contributed by atoms with Gasteiger partial charge in [-0.25, -0.2) is 0 Å². The molecule has 0 heterocycles. The molecule has 0 unspecified atom stereocenters. The molecule has 0 aromatic heterocycles. The van der Waals surface area contributed by atoms with E-state index in [4.69, 9.17) is 12.6 Å². The molecule has 0 nitrogen and oxygen atoms in total. The van der Waals surface area contributed by atoms with Crippen molar-refractivity contribution in [2.24, 2.45) is 0 Å². The molecule has 0 fully saturated rings. The Morgan fingerprint density at radius 3 is 1.67 bits per heavy atom. The first-order valence-electron chi connectivity index (χ1n) is 5.13. The topological polar surface area (TPSA) is 0 Å². The van der Waals surface area contributed by atoms with E-state index >= 15 is 0 Å². The summed E-state index contributed by atoms with van der Waals surface area (Å²) >= 11 is 4.81. The van der Waals surface area contributed by atoms with Gasteiger partial charge in [0.15, 0.2) is 0 Å². The molecule has 15 heavy (non-hydrogen) atoms. The second kappa shape index (κ2) is 2.89. The molecule has 0 saturated carbocycles. The third kappa shape index (κ3) is 1.10. The minimum Gasteiger partial charge on any atom is -0.163 e. The Bertz CT molecular complexity index is 479. The fraction of sp³-hybridized carbons (Fsp3) is 0.143. The van der Waals surface area contributed by atoms with E-state index in [1.807, 2.05) is 0 Å². The average molecular weight is 212 g/mol. The molecule has 0 amide bonds. The Labute approximate surface area is 95.4 Å². The van der Waals surface area contributed by atoms with Gasteiger partial charge < -0.3 is 0 Å². The Morgan fingerprint density at radius 1 is 0.800 bits per heavy atom. The quantitative estimate of drug-likeness (QED) is 0.630. The van der Waals surface area contributed by atoms with Gasteiger partial charge in [0, 0.05) is 0 Å². The van der Waals surface area contributed by atoms with E-state index in [0.29, 0.717) is 0 Å². The van der Waals surface area contributed by atoms with Crippen molar-refractivity contribution in [3.05, 3.63) is 59.7 Å². The first-order valence-corrected chi connectivity index (χ1v) is 5.58. The number of benzene rings is 2. The summed E-state index contributed by atoms with van der Waals surface area (Å²) in [7, 11) is 0. The lowest BCUT2D eigenvalue weighted by atomic mass is 9.98. The zero-order valence-corrected chi connectivity index (χ0v) is 9.46. The van der Waals surface area contributed by atoms with Crippen molar-refractivity contribution < 1.29 is 0 Å². The second-order valence-electron chi connectivity index (χ2n) is 4.16. The summed E-state index contributed by atoms with van der Waals surface area (Å²) in [6.45, 7) is 2.17. The Balaban J connectivity index is 2.42. The summed E-state index contributed by atoms with van der Waals surface area (Å²) in [6, 6.07) is 17.0. The summed E-state index contributed by atoms with van der Waals surface area (Å²) in [5.74, 6) is 0. The molecular weight excluding hydrogens is 200 g/mol. The molecule has 1 aliphatic carbocycles. The van der Waals surface area contributed by atoms with Crippen LogP contribution in [-0.2, 0) is 4.75 Å². The van der Waals surface area contributed by atoms with Gasteiger partial charge in [0.05, 0.1) is 4.75 Å². The number of thiol groups is 1. The maximum Gasteiger partial charge on any atom is 0.0610 e. The first kappa shape index (κ1) is 9.05. The van der Waals surface area contributed by atoms with Gasteiger partial charge >= 0.3 is 0 Å². The Kier molecular flexibility index (Phi) is 1.74. The van der Waals surface area contributed by atoms with Crippen LogP contribution in [0.25, 0.3) is 11.1 Å². The van der Waals surface area contributed by atoms with Gasteiger partial charge in [0.25, 0.3) is 0 Å². The summed E-state index contributed by atoms with van der Waals surface area (Å²) in [6.07, 6.45) is 0. The molecular formula is C14H12S. The van der Waals surface area contributed by atoms with Crippen LogP contribution in [0.5, 0.6) is 0 Å². The van der Waals surface area contributed by atoms with Gasteiger partial charge in [0.2, 0.25) is 0 Å². The third-order valence-electron chi connectivity index (χ3n) is 3.19. The molecule has 0 atom stereocenters. The largest absolute Gasteiger partial charge is 0.163 e. The molecule has 0 radical (unpaired) electrons. The van der Waals surface area contributed by atoms with E-state index in [1.165, 1.54) is 22.3 Å². The molecule has 2 aromatic carbocycles. The van der Waals surface area contributed by atoms with Crippen LogP contribution < -0.4 is 0 Å². The van der Waals surface area contributed by atoms with Crippen LogP contribution in [0.4, 0.5) is 0 Å². The van der Waals surface area contributed by atoms with E-state index in [2.05, 4.69) is 55.5 Å². The van der Waals surface area contributed by atoms with Crippen LogP contribution in [0, 0.1) is 0 Å². The fourth-order valence-electron chi connectivity index (χ4n) is 2.43. The summed E-state index contributed by atoms with van der Waals surface area (Å²) < 4.78 is -0.146. The van der Waals surface area contributed by atoms with Crippen LogP contribution in [-0.4, -0.2) is 0 Å². The highest BCUT2D eigenvalue weighted by molar-refractivity contribution is 7.81. The zero-order valence-electron chi connectivity index (χ0n) is 8.57. The molecule has 0 N–H and O–H groups in total. The molecule has 0 saturated heterocycles. The van der Waals surface area contributed by atoms with Crippen molar-refractivity contribution in [1.29, 1.82) is 0 Å². The molecule has 0 bridgehead atoms. The smallest absolute Gasteiger partial charge is 0.0610 e. The number of hydrogen-bond acceptors (Lipinski definition) is 1. The summed E-state index contributed by atoms with van der Waals surface area (Å²) in [4.78, 5) is 0. The highest BCUT2D eigenvalue weighted by atomic mass is 32.1. The molecule has 0 spiro atoms. The lowest BCUT2D eigenvalue weighted by molar-refractivity contribution is 0.878. The molecule has 2 aromatic rings. The van der Waals surface area contributed by atoms with Gasteiger partial charge in [-0.15, -0.1) is 0 Å².